The van der Waals surface area contributed by atoms with Crippen LogP contribution in [-0.2, 0) is 4.79 Å². The van der Waals surface area contributed by atoms with Crippen molar-refractivity contribution in [2.45, 2.75) is 18.4 Å². The highest BCUT2D eigenvalue weighted by Gasteiger charge is 2.45. The first-order valence-corrected chi connectivity index (χ1v) is 5.48. The number of carbonyl (C=O) groups excluding carboxylic acids is 2. The summed E-state index contributed by atoms with van der Waals surface area (Å²) in [4.78, 5) is 23.1. The quantitative estimate of drug-likeness (QED) is 0.762. The van der Waals surface area contributed by atoms with Crippen molar-refractivity contribution in [3.05, 3.63) is 29.8 Å². The second-order valence-electron chi connectivity index (χ2n) is 4.27. The van der Waals surface area contributed by atoms with E-state index in [0.717, 1.165) is 0 Å². The first kappa shape index (κ1) is 14.5. The minimum absolute atomic E-state index is 0. The van der Waals surface area contributed by atoms with Gasteiger partial charge in [-0.05, 0) is 31.0 Å². The van der Waals surface area contributed by atoms with Crippen molar-refractivity contribution in [1.82, 2.24) is 5.32 Å². The molecule has 2 amide bonds. The molecule has 0 bridgehead atoms. The summed E-state index contributed by atoms with van der Waals surface area (Å²) < 4.78 is 0. The monoisotopic (exact) mass is 269 g/mol. The largest absolute Gasteiger partial charge is 0.355 e. The van der Waals surface area contributed by atoms with Crippen LogP contribution in [0.2, 0.25) is 0 Å². The topological polar surface area (TPSA) is 84.2 Å². The fourth-order valence-corrected chi connectivity index (χ4v) is 1.50. The van der Waals surface area contributed by atoms with Gasteiger partial charge in [0.15, 0.2) is 0 Å². The number of halogens is 1. The fourth-order valence-electron chi connectivity index (χ4n) is 1.50. The Kier molecular flexibility index (Phi) is 4.32. The zero-order chi connectivity index (χ0) is 12.5. The lowest BCUT2D eigenvalue weighted by Gasteiger charge is -2.10. The van der Waals surface area contributed by atoms with E-state index >= 15 is 0 Å². The maximum Gasteiger partial charge on any atom is 0.251 e. The third-order valence-corrected chi connectivity index (χ3v) is 2.85. The molecule has 0 saturated heterocycles. The van der Waals surface area contributed by atoms with Gasteiger partial charge < -0.3 is 16.4 Å². The zero-order valence-corrected chi connectivity index (χ0v) is 10.8. The first-order chi connectivity index (χ1) is 8.05. The smallest absolute Gasteiger partial charge is 0.251 e. The summed E-state index contributed by atoms with van der Waals surface area (Å²) in [5, 5.41) is 5.25. The molecule has 4 N–H and O–H groups in total. The molecule has 1 saturated carbocycles. The molecule has 1 aromatic carbocycles. The number of benzene rings is 1. The molecule has 0 aliphatic heterocycles. The number of rotatable bonds is 3. The van der Waals surface area contributed by atoms with Gasteiger partial charge in [0, 0.05) is 18.3 Å². The number of hydrogen-bond acceptors (Lipinski definition) is 3. The molecule has 5 nitrogen and oxygen atoms in total. The minimum Gasteiger partial charge on any atom is -0.355 e. The highest BCUT2D eigenvalue weighted by molar-refractivity contribution is 6.01. The average molecular weight is 270 g/mol. The van der Waals surface area contributed by atoms with Gasteiger partial charge in [0.25, 0.3) is 5.91 Å². The van der Waals surface area contributed by atoms with Crippen LogP contribution < -0.4 is 16.4 Å². The third-order valence-electron chi connectivity index (χ3n) is 2.85. The second kappa shape index (κ2) is 5.37. The lowest BCUT2D eigenvalue weighted by atomic mass is 10.1. The summed E-state index contributed by atoms with van der Waals surface area (Å²) in [7, 11) is 1.56. The van der Waals surface area contributed by atoms with E-state index in [0.29, 0.717) is 24.1 Å². The summed E-state index contributed by atoms with van der Waals surface area (Å²) in [6.07, 6.45) is 1.43. The molecule has 0 unspecified atom stereocenters. The van der Waals surface area contributed by atoms with E-state index in [9.17, 15) is 9.59 Å². The van der Waals surface area contributed by atoms with Gasteiger partial charge in [-0.3, -0.25) is 9.59 Å². The number of nitrogens with one attached hydrogen (secondary N) is 2. The predicted octanol–water partition coefficient (Wildman–Crippen LogP) is 0.898. The number of amides is 2. The van der Waals surface area contributed by atoms with Crippen LogP contribution in [0.5, 0.6) is 0 Å². The molecule has 1 aliphatic carbocycles. The third kappa shape index (κ3) is 3.00. The molecule has 0 heterocycles. The van der Waals surface area contributed by atoms with Crippen LogP contribution in [0.1, 0.15) is 23.2 Å². The Bertz CT molecular complexity index is 472. The van der Waals surface area contributed by atoms with Crippen molar-refractivity contribution in [2.75, 3.05) is 12.4 Å². The Morgan fingerprint density at radius 2 is 2.00 bits per heavy atom. The second-order valence-corrected chi connectivity index (χ2v) is 4.27. The van der Waals surface area contributed by atoms with Crippen molar-refractivity contribution >= 4 is 29.9 Å². The molecule has 0 aromatic heterocycles. The minimum atomic E-state index is -0.705. The van der Waals surface area contributed by atoms with E-state index in [1.54, 1.807) is 31.3 Å². The number of hydrogen-bond donors (Lipinski definition) is 3. The molecule has 1 aromatic rings. The normalized spacial score (nSPS) is 15.2. The molecule has 18 heavy (non-hydrogen) atoms. The molecule has 2 rings (SSSR count). The molecular formula is C12H16ClN3O2. The Morgan fingerprint density at radius 3 is 2.56 bits per heavy atom. The van der Waals surface area contributed by atoms with Crippen LogP contribution in [-0.4, -0.2) is 24.4 Å². The Labute approximate surface area is 112 Å². The van der Waals surface area contributed by atoms with E-state index < -0.39 is 5.54 Å². The first-order valence-electron chi connectivity index (χ1n) is 5.48. The lowest BCUT2D eigenvalue weighted by molar-refractivity contribution is -0.118. The van der Waals surface area contributed by atoms with Gasteiger partial charge in [-0.15, -0.1) is 12.4 Å². The Hall–Kier alpha value is -1.59. The number of anilines is 1. The highest BCUT2D eigenvalue weighted by Crippen LogP contribution is 2.33. The zero-order valence-electron chi connectivity index (χ0n) is 10.0. The summed E-state index contributed by atoms with van der Waals surface area (Å²) >= 11 is 0. The van der Waals surface area contributed by atoms with Gasteiger partial charge in [0.05, 0.1) is 5.54 Å². The van der Waals surface area contributed by atoms with Crippen LogP contribution >= 0.6 is 12.4 Å². The van der Waals surface area contributed by atoms with Crippen molar-refractivity contribution in [3.8, 4) is 0 Å². The number of carbonyl (C=O) groups is 2. The summed E-state index contributed by atoms with van der Waals surface area (Å²) in [6.45, 7) is 0. The summed E-state index contributed by atoms with van der Waals surface area (Å²) in [6, 6.07) is 6.76. The van der Waals surface area contributed by atoms with Gasteiger partial charge in [-0.25, -0.2) is 0 Å². The fraction of sp³-hybridized carbons (Fsp3) is 0.333. The molecule has 0 atom stereocenters. The van der Waals surface area contributed by atoms with Gasteiger partial charge in [0.2, 0.25) is 5.91 Å². The van der Waals surface area contributed by atoms with E-state index in [1.807, 2.05) is 0 Å². The van der Waals surface area contributed by atoms with Crippen molar-refractivity contribution < 1.29 is 9.59 Å². The van der Waals surface area contributed by atoms with E-state index in [4.69, 9.17) is 5.73 Å². The molecule has 6 heteroatoms. The molecule has 98 valence electrons. The maximum absolute atomic E-state index is 11.7. The van der Waals surface area contributed by atoms with E-state index in [2.05, 4.69) is 10.6 Å². The van der Waals surface area contributed by atoms with Crippen LogP contribution in [0.15, 0.2) is 24.3 Å². The van der Waals surface area contributed by atoms with Gasteiger partial charge >= 0.3 is 0 Å². The Morgan fingerprint density at radius 1 is 1.33 bits per heavy atom. The van der Waals surface area contributed by atoms with Crippen LogP contribution in [0.3, 0.4) is 0 Å². The molecule has 0 spiro atoms. The molecule has 1 aliphatic rings. The van der Waals surface area contributed by atoms with Crippen LogP contribution in [0, 0.1) is 0 Å². The van der Waals surface area contributed by atoms with Crippen molar-refractivity contribution in [3.63, 3.8) is 0 Å². The summed E-state index contributed by atoms with van der Waals surface area (Å²) in [5.41, 5.74) is 6.16. The SMILES string of the molecule is CNC(=O)c1cccc(NC(=O)C2(N)CC2)c1.Cl. The highest BCUT2D eigenvalue weighted by atomic mass is 35.5. The van der Waals surface area contributed by atoms with Crippen LogP contribution in [0.25, 0.3) is 0 Å². The van der Waals surface area contributed by atoms with Crippen molar-refractivity contribution in [2.24, 2.45) is 5.73 Å². The Balaban J connectivity index is 0.00000162. The van der Waals surface area contributed by atoms with E-state index in [1.165, 1.54) is 0 Å². The molecular weight excluding hydrogens is 254 g/mol. The standard InChI is InChI=1S/C12H15N3O2.ClH/c1-14-10(16)8-3-2-4-9(7-8)15-11(17)12(13)5-6-12;/h2-4,7H,5-6,13H2,1H3,(H,14,16)(H,15,17);1H. The summed E-state index contributed by atoms with van der Waals surface area (Å²) in [5.74, 6) is -0.374. The maximum atomic E-state index is 11.7. The van der Waals surface area contributed by atoms with Crippen LogP contribution in [0.4, 0.5) is 5.69 Å². The molecule has 1 fully saturated rings. The predicted molar refractivity (Wildman–Crippen MR) is 71.9 cm³/mol. The molecule has 0 radical (unpaired) electrons. The average Bonchev–Trinajstić information content (AvgIpc) is 3.08. The van der Waals surface area contributed by atoms with Gasteiger partial charge in [-0.2, -0.15) is 0 Å². The van der Waals surface area contributed by atoms with Gasteiger partial charge in [-0.1, -0.05) is 6.07 Å². The van der Waals surface area contributed by atoms with Crippen molar-refractivity contribution in [1.29, 1.82) is 0 Å². The van der Waals surface area contributed by atoms with E-state index in [-0.39, 0.29) is 24.2 Å². The number of nitrogens with two attached hydrogens (primary N) is 1. The van der Waals surface area contributed by atoms with Gasteiger partial charge in [0.1, 0.15) is 0 Å². The lowest BCUT2D eigenvalue weighted by Crippen LogP contribution is -2.37.